The Labute approximate surface area is 163 Å². The minimum Gasteiger partial charge on any atom is -0.387 e. The molecule has 2 heterocycles. The Balaban J connectivity index is 1.99. The summed E-state index contributed by atoms with van der Waals surface area (Å²) in [7, 11) is 3.78. The van der Waals surface area contributed by atoms with Crippen molar-refractivity contribution >= 4 is 23.9 Å². The van der Waals surface area contributed by atoms with Crippen molar-refractivity contribution in [3.8, 4) is 0 Å². The van der Waals surface area contributed by atoms with Crippen molar-refractivity contribution in [2.45, 2.75) is 31.5 Å². The van der Waals surface area contributed by atoms with Crippen LogP contribution in [0.25, 0.3) is 0 Å². The van der Waals surface area contributed by atoms with E-state index in [0.717, 1.165) is 28.1 Å². The second kappa shape index (κ2) is 10.9. The number of hydrogen-bond donors (Lipinski definition) is 3. The van der Waals surface area contributed by atoms with Crippen LogP contribution in [0.1, 0.15) is 16.8 Å². The predicted octanol–water partition coefficient (Wildman–Crippen LogP) is 2.58. The first-order chi connectivity index (χ1) is 12.6. The molecule has 0 saturated heterocycles. The quantitative estimate of drug-likeness (QED) is 0.353. The lowest BCUT2D eigenvalue weighted by molar-refractivity contribution is 0.0594. The molecule has 26 heavy (non-hydrogen) atoms. The van der Waals surface area contributed by atoms with Gasteiger partial charge in [-0.2, -0.15) is 3.89 Å². The summed E-state index contributed by atoms with van der Waals surface area (Å²) < 4.78 is 12.1. The fourth-order valence-electron chi connectivity index (χ4n) is 2.78. The average Bonchev–Trinajstić information content (AvgIpc) is 2.76. The third-order valence-electron chi connectivity index (χ3n) is 4.29. The van der Waals surface area contributed by atoms with Gasteiger partial charge in [-0.1, -0.05) is 18.2 Å². The van der Waals surface area contributed by atoms with Crippen molar-refractivity contribution < 1.29 is 8.99 Å². The van der Waals surface area contributed by atoms with E-state index < -0.39 is 6.23 Å². The average molecular weight is 399 g/mol. The number of rotatable bonds is 8. The van der Waals surface area contributed by atoms with Crippen LogP contribution in [-0.4, -0.2) is 53.0 Å². The minimum absolute atomic E-state index is 0.00455. The van der Waals surface area contributed by atoms with Crippen LogP contribution in [0.3, 0.4) is 0 Å². The smallest absolute Gasteiger partial charge is 0.133 e. The van der Waals surface area contributed by atoms with E-state index in [1.165, 1.54) is 11.8 Å². The van der Waals surface area contributed by atoms with Gasteiger partial charge in [0.15, 0.2) is 0 Å². The second-order valence-corrected chi connectivity index (χ2v) is 8.07. The third kappa shape index (κ3) is 5.99. The standard InChI is InChI=1S/C18H27FN4OS2/c1-13-7-14(9-22-17(13)11-25-12-26-19)8-21-10-15-16(20-2)5-4-6-23(3)18(15)24/h4-5,7,9-10,16,18,20-21,24H,6,8,11-12H2,1-3H3/b15-10+. The fraction of sp³-hybridized carbons (Fsp3) is 0.500. The van der Waals surface area contributed by atoms with Gasteiger partial charge in [0.05, 0.1) is 29.0 Å². The minimum atomic E-state index is -0.636. The van der Waals surface area contributed by atoms with Gasteiger partial charge in [0, 0.05) is 36.8 Å². The lowest BCUT2D eigenvalue weighted by Gasteiger charge is -2.26. The lowest BCUT2D eigenvalue weighted by Crippen LogP contribution is -2.39. The Morgan fingerprint density at radius 3 is 3.00 bits per heavy atom. The van der Waals surface area contributed by atoms with E-state index in [0.29, 0.717) is 30.3 Å². The maximum Gasteiger partial charge on any atom is 0.133 e. The number of aryl methyl sites for hydroxylation is 1. The summed E-state index contributed by atoms with van der Waals surface area (Å²) in [6, 6.07) is 2.09. The highest BCUT2D eigenvalue weighted by molar-refractivity contribution is 8.13. The normalized spacial score (nSPS) is 22.6. The van der Waals surface area contributed by atoms with Gasteiger partial charge >= 0.3 is 0 Å². The SMILES string of the molecule is CNC1C=CCN(C)C(O)/C1=C/NCc1cnc(CSCSF)c(C)c1. The van der Waals surface area contributed by atoms with Crippen molar-refractivity contribution in [3.05, 3.63) is 53.0 Å². The molecule has 5 nitrogen and oxygen atoms in total. The van der Waals surface area contributed by atoms with Crippen molar-refractivity contribution in [1.29, 1.82) is 0 Å². The van der Waals surface area contributed by atoms with Crippen LogP contribution in [0.2, 0.25) is 0 Å². The summed E-state index contributed by atoms with van der Waals surface area (Å²) in [5.74, 6) is 0.717. The fourth-order valence-corrected chi connectivity index (χ4v) is 3.86. The first-order valence-electron chi connectivity index (χ1n) is 8.48. The Morgan fingerprint density at radius 1 is 1.50 bits per heavy atom. The van der Waals surface area contributed by atoms with Crippen molar-refractivity contribution in [1.82, 2.24) is 20.5 Å². The highest BCUT2D eigenvalue weighted by Gasteiger charge is 2.23. The van der Waals surface area contributed by atoms with E-state index in [1.807, 2.05) is 38.3 Å². The molecule has 0 aliphatic carbocycles. The van der Waals surface area contributed by atoms with Gasteiger partial charge in [0.25, 0.3) is 0 Å². The van der Waals surface area contributed by atoms with Gasteiger partial charge < -0.3 is 15.7 Å². The molecule has 8 heteroatoms. The largest absolute Gasteiger partial charge is 0.387 e. The zero-order valence-electron chi connectivity index (χ0n) is 15.4. The van der Waals surface area contributed by atoms with E-state index in [1.54, 1.807) is 0 Å². The number of nitrogens with one attached hydrogen (secondary N) is 2. The van der Waals surface area contributed by atoms with Gasteiger partial charge in [-0.25, -0.2) is 0 Å². The first kappa shape index (κ1) is 21.2. The molecule has 3 N–H and O–H groups in total. The zero-order chi connectivity index (χ0) is 18.9. The molecule has 0 aromatic carbocycles. The Morgan fingerprint density at radius 2 is 2.31 bits per heavy atom. The molecule has 2 atom stereocenters. The number of nitrogens with zero attached hydrogens (tertiary/aromatic N) is 2. The van der Waals surface area contributed by atoms with Gasteiger partial charge in [0.1, 0.15) is 6.23 Å². The number of aliphatic hydroxyl groups is 1. The molecule has 1 aliphatic heterocycles. The van der Waals surface area contributed by atoms with Gasteiger partial charge in [-0.15, -0.1) is 11.8 Å². The first-order valence-corrected chi connectivity index (χ1v) is 10.5. The van der Waals surface area contributed by atoms with Crippen LogP contribution in [0.15, 0.2) is 36.2 Å². The van der Waals surface area contributed by atoms with E-state index >= 15 is 0 Å². The van der Waals surface area contributed by atoms with E-state index in [4.69, 9.17) is 0 Å². The molecule has 1 aromatic rings. The summed E-state index contributed by atoms with van der Waals surface area (Å²) in [4.78, 5) is 6.38. The highest BCUT2D eigenvalue weighted by atomic mass is 32.2. The topological polar surface area (TPSA) is 60.4 Å². The molecule has 1 aromatic heterocycles. The third-order valence-corrected chi connectivity index (χ3v) is 5.79. The van der Waals surface area contributed by atoms with E-state index in [9.17, 15) is 8.99 Å². The molecule has 1 aliphatic rings. The maximum absolute atomic E-state index is 12.1. The van der Waals surface area contributed by atoms with Crippen LogP contribution in [0.5, 0.6) is 0 Å². The summed E-state index contributed by atoms with van der Waals surface area (Å²) in [5, 5.41) is 17.4. The number of likely N-dealkylation sites (N-methyl/N-ethyl adjacent to an activating group) is 2. The lowest BCUT2D eigenvalue weighted by atomic mass is 10.1. The molecule has 0 amide bonds. The number of pyridine rings is 1. The van der Waals surface area contributed by atoms with Crippen molar-refractivity contribution in [2.24, 2.45) is 0 Å². The molecule has 2 unspecified atom stereocenters. The summed E-state index contributed by atoms with van der Waals surface area (Å²) in [5.41, 5.74) is 4.05. The molecule has 2 rings (SSSR count). The van der Waals surface area contributed by atoms with Crippen molar-refractivity contribution in [3.63, 3.8) is 0 Å². The number of aliphatic hydroxyl groups excluding tert-OH is 1. The molecule has 144 valence electrons. The van der Waals surface area contributed by atoms with Gasteiger partial charge in [-0.3, -0.25) is 9.88 Å². The van der Waals surface area contributed by atoms with Gasteiger partial charge in [0.2, 0.25) is 0 Å². The van der Waals surface area contributed by atoms with Crippen LogP contribution < -0.4 is 10.6 Å². The summed E-state index contributed by atoms with van der Waals surface area (Å²) in [6.45, 7) is 3.36. The Hall–Kier alpha value is -1.06. The van der Waals surface area contributed by atoms with Crippen LogP contribution in [0, 0.1) is 6.92 Å². The zero-order valence-corrected chi connectivity index (χ0v) is 17.0. The number of aromatic nitrogens is 1. The summed E-state index contributed by atoms with van der Waals surface area (Å²) in [6.07, 6.45) is 7.21. The molecule has 0 saturated carbocycles. The number of thioether (sulfide) groups is 1. The van der Waals surface area contributed by atoms with E-state index in [-0.39, 0.29) is 6.04 Å². The maximum atomic E-state index is 12.1. The Bertz CT molecular complexity index is 642. The second-order valence-electron chi connectivity index (χ2n) is 6.22. The monoisotopic (exact) mass is 398 g/mol. The summed E-state index contributed by atoms with van der Waals surface area (Å²) >= 11 is 1.87. The van der Waals surface area contributed by atoms with Crippen LogP contribution in [-0.2, 0) is 12.3 Å². The van der Waals surface area contributed by atoms with E-state index in [2.05, 4.69) is 33.8 Å². The highest BCUT2D eigenvalue weighted by Crippen LogP contribution is 2.20. The Kier molecular flexibility index (Phi) is 8.94. The molecule has 0 fully saturated rings. The van der Waals surface area contributed by atoms with Crippen LogP contribution >= 0.6 is 23.9 Å². The molecular weight excluding hydrogens is 371 g/mol. The van der Waals surface area contributed by atoms with Crippen LogP contribution in [0.4, 0.5) is 3.89 Å². The number of halogens is 1. The van der Waals surface area contributed by atoms with Gasteiger partial charge in [-0.05, 0) is 32.1 Å². The van der Waals surface area contributed by atoms with Crippen molar-refractivity contribution in [2.75, 3.05) is 25.7 Å². The molecule has 0 bridgehead atoms. The number of hydrogen-bond acceptors (Lipinski definition) is 7. The predicted molar refractivity (Wildman–Crippen MR) is 109 cm³/mol. The molecule has 0 spiro atoms. The molecular formula is C18H27FN4OS2. The molecule has 0 radical (unpaired) electrons.